The van der Waals surface area contributed by atoms with Gasteiger partial charge in [-0.2, -0.15) is 0 Å². The van der Waals surface area contributed by atoms with E-state index in [1.165, 1.54) is 0 Å². The summed E-state index contributed by atoms with van der Waals surface area (Å²) in [4.78, 5) is 27.5. The third kappa shape index (κ3) is 7.40. The number of hydrogen-bond donors (Lipinski definition) is 2. The number of aryl methyl sites for hydroxylation is 1. The summed E-state index contributed by atoms with van der Waals surface area (Å²) in [5, 5.41) is 2.87. The normalized spacial score (nSPS) is 14.5. The molecular weight excluding hydrogens is 438 g/mol. The molecule has 1 aliphatic carbocycles. The van der Waals surface area contributed by atoms with Crippen molar-refractivity contribution in [1.29, 1.82) is 0 Å². The molecule has 0 aromatic heterocycles. The van der Waals surface area contributed by atoms with E-state index in [0.717, 1.165) is 30.4 Å². The van der Waals surface area contributed by atoms with Gasteiger partial charge < -0.3 is 10.2 Å². The van der Waals surface area contributed by atoms with E-state index in [-0.39, 0.29) is 29.2 Å². The van der Waals surface area contributed by atoms with Crippen LogP contribution in [0, 0.1) is 0 Å². The van der Waals surface area contributed by atoms with Crippen molar-refractivity contribution in [2.75, 3.05) is 6.54 Å². The summed E-state index contributed by atoms with van der Waals surface area (Å²) in [7, 11) is -3.49. The van der Waals surface area contributed by atoms with Gasteiger partial charge in [0, 0.05) is 25.6 Å². The molecule has 178 valence electrons. The maximum atomic E-state index is 13.1. The lowest BCUT2D eigenvalue weighted by atomic mass is 10.1. The zero-order chi connectivity index (χ0) is 23.8. The molecule has 0 aliphatic heterocycles. The van der Waals surface area contributed by atoms with Gasteiger partial charge in [-0.3, -0.25) is 9.59 Å². The lowest BCUT2D eigenvalue weighted by Gasteiger charge is -2.29. The largest absolute Gasteiger partial charge is 0.354 e. The van der Waals surface area contributed by atoms with E-state index in [1.807, 2.05) is 37.3 Å². The van der Waals surface area contributed by atoms with Crippen LogP contribution in [-0.2, 0) is 32.6 Å². The highest BCUT2D eigenvalue weighted by Crippen LogP contribution is 2.22. The molecule has 0 heterocycles. The van der Waals surface area contributed by atoms with Gasteiger partial charge in [0.15, 0.2) is 0 Å². The van der Waals surface area contributed by atoms with Crippen LogP contribution in [0.1, 0.15) is 50.7 Å². The Balaban J connectivity index is 1.64. The second-order valence-electron chi connectivity index (χ2n) is 8.51. The number of rotatable bonds is 12. The van der Waals surface area contributed by atoms with Crippen LogP contribution in [0.3, 0.4) is 0 Å². The second-order valence-corrected chi connectivity index (χ2v) is 10.2. The molecule has 2 aromatic carbocycles. The molecule has 2 aromatic rings. The third-order valence-electron chi connectivity index (χ3n) is 5.67. The van der Waals surface area contributed by atoms with Crippen LogP contribution in [0.15, 0.2) is 59.5 Å². The lowest BCUT2D eigenvalue weighted by Crippen LogP contribution is -2.47. The molecule has 1 atom stereocenters. The van der Waals surface area contributed by atoms with Crippen molar-refractivity contribution in [3.63, 3.8) is 0 Å². The molecule has 8 heteroatoms. The molecular formula is C25H33N3O4S. The summed E-state index contributed by atoms with van der Waals surface area (Å²) in [6, 6.07) is 15.7. The average molecular weight is 472 g/mol. The number of nitrogens with one attached hydrogen (secondary N) is 2. The quantitative estimate of drug-likeness (QED) is 0.497. The molecule has 0 spiro atoms. The van der Waals surface area contributed by atoms with Crippen LogP contribution >= 0.6 is 0 Å². The molecule has 1 fully saturated rings. The number of sulfonamides is 1. The van der Waals surface area contributed by atoms with Gasteiger partial charge in [0.05, 0.1) is 4.90 Å². The smallest absolute Gasteiger partial charge is 0.242 e. The summed E-state index contributed by atoms with van der Waals surface area (Å²) in [6.07, 6.45) is 3.28. The van der Waals surface area contributed by atoms with E-state index in [0.29, 0.717) is 19.5 Å². The molecule has 2 amide bonds. The Kier molecular flexibility index (Phi) is 8.63. The van der Waals surface area contributed by atoms with Crippen LogP contribution in [0.2, 0.25) is 0 Å². The van der Waals surface area contributed by atoms with Crippen LogP contribution in [0.5, 0.6) is 0 Å². The summed E-state index contributed by atoms with van der Waals surface area (Å²) in [6.45, 7) is 4.65. The molecule has 2 N–H and O–H groups in total. The average Bonchev–Trinajstić information content (AvgIpc) is 3.63. The number of hydrogen-bond acceptors (Lipinski definition) is 4. The van der Waals surface area contributed by atoms with Crippen molar-refractivity contribution >= 4 is 21.8 Å². The van der Waals surface area contributed by atoms with Crippen molar-refractivity contribution in [3.05, 3.63) is 65.7 Å². The molecule has 0 bridgehead atoms. The van der Waals surface area contributed by atoms with Gasteiger partial charge in [-0.05, 0) is 55.9 Å². The van der Waals surface area contributed by atoms with Crippen LogP contribution in [-0.4, -0.2) is 43.8 Å². The Bertz CT molecular complexity index is 1040. The second kappa shape index (κ2) is 11.4. The first kappa shape index (κ1) is 24.9. The zero-order valence-electron chi connectivity index (χ0n) is 19.3. The molecule has 0 radical (unpaired) electrons. The van der Waals surface area contributed by atoms with Gasteiger partial charge in [0.25, 0.3) is 0 Å². The van der Waals surface area contributed by atoms with Crippen LogP contribution < -0.4 is 10.0 Å². The van der Waals surface area contributed by atoms with E-state index in [1.54, 1.807) is 36.1 Å². The lowest BCUT2D eigenvalue weighted by molar-refractivity contribution is -0.140. The predicted octanol–water partition coefficient (Wildman–Crippen LogP) is 3.00. The molecule has 1 aliphatic rings. The molecule has 3 rings (SSSR count). The zero-order valence-corrected chi connectivity index (χ0v) is 20.1. The van der Waals surface area contributed by atoms with Gasteiger partial charge in [-0.15, -0.1) is 0 Å². The van der Waals surface area contributed by atoms with Crippen LogP contribution in [0.4, 0.5) is 0 Å². The van der Waals surface area contributed by atoms with Gasteiger partial charge in [-0.25, -0.2) is 13.1 Å². The first-order valence-electron chi connectivity index (χ1n) is 11.5. The maximum Gasteiger partial charge on any atom is 0.242 e. The standard InChI is InChI=1S/C25H33N3O4S/c1-3-17-26-25(30)19(2)28(18-21-7-5-4-6-8-21)24(29)16-11-20-9-14-23(15-10-20)33(31,32)27-22-12-13-22/h4-10,14-15,19,22,27H,3,11-13,16-18H2,1-2H3,(H,26,30)/t19-/m1/s1. The minimum atomic E-state index is -3.49. The molecule has 0 unspecified atom stereocenters. The van der Waals surface area contributed by atoms with Gasteiger partial charge >= 0.3 is 0 Å². The Morgan fingerprint density at radius 2 is 1.70 bits per heavy atom. The van der Waals surface area contributed by atoms with E-state index >= 15 is 0 Å². The van der Waals surface area contributed by atoms with Crippen molar-refractivity contribution in [1.82, 2.24) is 14.9 Å². The molecule has 0 saturated heterocycles. The number of nitrogens with zero attached hydrogens (tertiary/aromatic N) is 1. The van der Waals surface area contributed by atoms with Gasteiger partial charge in [0.2, 0.25) is 21.8 Å². The summed E-state index contributed by atoms with van der Waals surface area (Å²) in [5.41, 5.74) is 1.83. The number of carbonyl (C=O) groups excluding carboxylic acids is 2. The number of benzene rings is 2. The topological polar surface area (TPSA) is 95.6 Å². The molecule has 1 saturated carbocycles. The number of carbonyl (C=O) groups is 2. The summed E-state index contributed by atoms with van der Waals surface area (Å²) in [5.74, 6) is -0.288. The highest BCUT2D eigenvalue weighted by molar-refractivity contribution is 7.89. The Morgan fingerprint density at radius 1 is 1.03 bits per heavy atom. The van der Waals surface area contributed by atoms with Crippen molar-refractivity contribution in [3.8, 4) is 0 Å². The summed E-state index contributed by atoms with van der Waals surface area (Å²) < 4.78 is 27.3. The van der Waals surface area contributed by atoms with Crippen molar-refractivity contribution in [2.24, 2.45) is 0 Å². The minimum Gasteiger partial charge on any atom is -0.354 e. The van der Waals surface area contributed by atoms with E-state index in [2.05, 4.69) is 10.0 Å². The fourth-order valence-electron chi connectivity index (χ4n) is 3.48. The van der Waals surface area contributed by atoms with E-state index in [9.17, 15) is 18.0 Å². The first-order valence-corrected chi connectivity index (χ1v) is 13.0. The highest BCUT2D eigenvalue weighted by Gasteiger charge is 2.28. The van der Waals surface area contributed by atoms with Gasteiger partial charge in [-0.1, -0.05) is 49.4 Å². The Labute approximate surface area is 196 Å². The number of amides is 2. The predicted molar refractivity (Wildman–Crippen MR) is 128 cm³/mol. The summed E-state index contributed by atoms with van der Waals surface area (Å²) >= 11 is 0. The Morgan fingerprint density at radius 3 is 2.30 bits per heavy atom. The SMILES string of the molecule is CCCNC(=O)[C@@H](C)N(Cc1ccccc1)C(=O)CCc1ccc(S(=O)(=O)NC2CC2)cc1. The van der Waals surface area contributed by atoms with Crippen molar-refractivity contribution < 1.29 is 18.0 Å². The monoisotopic (exact) mass is 471 g/mol. The molecule has 33 heavy (non-hydrogen) atoms. The van der Waals surface area contributed by atoms with Gasteiger partial charge in [0.1, 0.15) is 6.04 Å². The third-order valence-corrected chi connectivity index (χ3v) is 7.21. The van der Waals surface area contributed by atoms with Crippen LogP contribution in [0.25, 0.3) is 0 Å². The van der Waals surface area contributed by atoms with E-state index < -0.39 is 16.1 Å². The fourth-order valence-corrected chi connectivity index (χ4v) is 4.78. The minimum absolute atomic E-state index is 0.0550. The first-order chi connectivity index (χ1) is 15.8. The van der Waals surface area contributed by atoms with Crippen molar-refractivity contribution in [2.45, 2.75) is 69.5 Å². The highest BCUT2D eigenvalue weighted by atomic mass is 32.2. The fraction of sp³-hybridized carbons (Fsp3) is 0.440. The Hall–Kier alpha value is -2.71. The maximum absolute atomic E-state index is 13.1. The molecule has 7 nitrogen and oxygen atoms in total. The van der Waals surface area contributed by atoms with E-state index in [4.69, 9.17) is 0 Å².